The van der Waals surface area contributed by atoms with Crippen molar-refractivity contribution in [3.05, 3.63) is 71.6 Å². The molecule has 0 fully saturated rings. The number of hydrogen-bond donors (Lipinski definition) is 0. The lowest BCUT2D eigenvalue weighted by atomic mass is 10.0. The van der Waals surface area contributed by atoms with Crippen molar-refractivity contribution in [2.24, 2.45) is 0 Å². The Morgan fingerprint density at radius 1 is 1.16 bits per heavy atom. The molecule has 2 rings (SSSR count). The van der Waals surface area contributed by atoms with Crippen molar-refractivity contribution >= 4 is 11.9 Å². The van der Waals surface area contributed by atoms with Gasteiger partial charge in [0.15, 0.2) is 5.78 Å². The summed E-state index contributed by atoms with van der Waals surface area (Å²) in [5, 5.41) is 0. The molecule has 1 aromatic heterocycles. The number of benzene rings is 1. The summed E-state index contributed by atoms with van der Waals surface area (Å²) in [5.41, 5.74) is 2.78. The number of aromatic nitrogens is 1. The zero-order chi connectivity index (χ0) is 13.5. The van der Waals surface area contributed by atoms with E-state index in [9.17, 15) is 4.79 Å². The predicted octanol–water partition coefficient (Wildman–Crippen LogP) is 3.93. The van der Waals surface area contributed by atoms with E-state index >= 15 is 0 Å². The third kappa shape index (κ3) is 3.88. The second kappa shape index (κ2) is 6.64. The number of pyridine rings is 1. The SMILES string of the molecule is CCCc1ccc(C(=O)/C=C/c2ccccn2)cc1. The second-order valence-electron chi connectivity index (χ2n) is 4.40. The van der Waals surface area contributed by atoms with E-state index < -0.39 is 0 Å². The minimum atomic E-state index is 0.00806. The van der Waals surface area contributed by atoms with Crippen LogP contribution in [-0.2, 0) is 6.42 Å². The molecule has 0 saturated carbocycles. The maximum absolute atomic E-state index is 12.0. The molecule has 0 unspecified atom stereocenters. The largest absolute Gasteiger partial charge is 0.289 e. The first-order valence-corrected chi connectivity index (χ1v) is 6.52. The van der Waals surface area contributed by atoms with Gasteiger partial charge in [-0.2, -0.15) is 0 Å². The molecule has 1 aromatic carbocycles. The number of carbonyl (C=O) groups is 1. The van der Waals surface area contributed by atoms with E-state index in [4.69, 9.17) is 0 Å². The number of allylic oxidation sites excluding steroid dienone is 1. The maximum atomic E-state index is 12.0. The normalized spacial score (nSPS) is 10.8. The van der Waals surface area contributed by atoms with Gasteiger partial charge in [-0.15, -0.1) is 0 Å². The fourth-order valence-corrected chi connectivity index (χ4v) is 1.86. The number of nitrogens with zero attached hydrogens (tertiary/aromatic N) is 1. The van der Waals surface area contributed by atoms with Gasteiger partial charge in [0.1, 0.15) is 0 Å². The van der Waals surface area contributed by atoms with Gasteiger partial charge < -0.3 is 0 Å². The molecule has 0 N–H and O–H groups in total. The van der Waals surface area contributed by atoms with Gasteiger partial charge in [0.25, 0.3) is 0 Å². The molecule has 19 heavy (non-hydrogen) atoms. The van der Waals surface area contributed by atoms with E-state index in [1.807, 2.05) is 42.5 Å². The molecule has 0 aliphatic heterocycles. The maximum Gasteiger partial charge on any atom is 0.185 e. The summed E-state index contributed by atoms with van der Waals surface area (Å²) in [6.07, 6.45) is 7.19. The molecule has 0 aliphatic rings. The van der Waals surface area contributed by atoms with Gasteiger partial charge in [-0.25, -0.2) is 0 Å². The van der Waals surface area contributed by atoms with Crippen LogP contribution in [0.4, 0.5) is 0 Å². The summed E-state index contributed by atoms with van der Waals surface area (Å²) >= 11 is 0. The highest BCUT2D eigenvalue weighted by Crippen LogP contribution is 2.08. The first-order valence-electron chi connectivity index (χ1n) is 6.52. The fraction of sp³-hybridized carbons (Fsp3) is 0.176. The highest BCUT2D eigenvalue weighted by atomic mass is 16.1. The van der Waals surface area contributed by atoms with Gasteiger partial charge >= 0.3 is 0 Å². The van der Waals surface area contributed by atoms with E-state index in [1.165, 1.54) is 5.56 Å². The van der Waals surface area contributed by atoms with Crippen LogP contribution in [0.3, 0.4) is 0 Å². The Bertz CT molecular complexity index is 556. The molecule has 0 aliphatic carbocycles. The van der Waals surface area contributed by atoms with Crippen LogP contribution in [0.1, 0.15) is 35.0 Å². The lowest BCUT2D eigenvalue weighted by Gasteiger charge is -2.00. The van der Waals surface area contributed by atoms with Crippen LogP contribution in [0.2, 0.25) is 0 Å². The molecule has 96 valence electrons. The molecule has 0 radical (unpaired) electrons. The number of carbonyl (C=O) groups excluding carboxylic acids is 1. The summed E-state index contributed by atoms with van der Waals surface area (Å²) in [4.78, 5) is 16.1. The topological polar surface area (TPSA) is 30.0 Å². The van der Waals surface area contributed by atoms with Gasteiger partial charge in [-0.1, -0.05) is 43.7 Å². The van der Waals surface area contributed by atoms with Crippen LogP contribution in [-0.4, -0.2) is 10.8 Å². The van der Waals surface area contributed by atoms with Crippen molar-refractivity contribution in [2.45, 2.75) is 19.8 Å². The Hall–Kier alpha value is -2.22. The number of ketones is 1. The van der Waals surface area contributed by atoms with Gasteiger partial charge in [0.05, 0.1) is 5.69 Å². The third-order valence-electron chi connectivity index (χ3n) is 2.87. The van der Waals surface area contributed by atoms with Crippen LogP contribution in [0.25, 0.3) is 6.08 Å². The fourth-order valence-electron chi connectivity index (χ4n) is 1.86. The molecule has 2 nitrogen and oxygen atoms in total. The van der Waals surface area contributed by atoms with Crippen molar-refractivity contribution < 1.29 is 4.79 Å². The molecule has 0 spiro atoms. The first kappa shape index (κ1) is 13.2. The standard InChI is InChI=1S/C17H17NO/c1-2-5-14-7-9-15(10-8-14)17(19)12-11-16-6-3-4-13-18-16/h3-4,6-13H,2,5H2,1H3/b12-11+. The van der Waals surface area contributed by atoms with Crippen LogP contribution in [0.5, 0.6) is 0 Å². The molecular weight excluding hydrogens is 234 g/mol. The number of rotatable bonds is 5. The average Bonchev–Trinajstić information content (AvgIpc) is 2.47. The van der Waals surface area contributed by atoms with Crippen LogP contribution in [0, 0.1) is 0 Å². The predicted molar refractivity (Wildman–Crippen MR) is 78.0 cm³/mol. The lowest BCUT2D eigenvalue weighted by Crippen LogP contribution is -1.95. The molecule has 0 bridgehead atoms. The van der Waals surface area contributed by atoms with Crippen molar-refractivity contribution in [1.29, 1.82) is 0 Å². The molecule has 1 heterocycles. The van der Waals surface area contributed by atoms with Crippen molar-refractivity contribution in [3.8, 4) is 0 Å². The van der Waals surface area contributed by atoms with Crippen LogP contribution < -0.4 is 0 Å². The monoisotopic (exact) mass is 251 g/mol. The van der Waals surface area contributed by atoms with E-state index in [2.05, 4.69) is 11.9 Å². The lowest BCUT2D eigenvalue weighted by molar-refractivity contribution is 0.104. The molecule has 0 amide bonds. The average molecular weight is 251 g/mol. The Balaban J connectivity index is 2.05. The zero-order valence-corrected chi connectivity index (χ0v) is 11.0. The zero-order valence-electron chi connectivity index (χ0n) is 11.0. The summed E-state index contributed by atoms with van der Waals surface area (Å²) < 4.78 is 0. The summed E-state index contributed by atoms with van der Waals surface area (Å²) in [7, 11) is 0. The van der Waals surface area contributed by atoms with Crippen molar-refractivity contribution in [1.82, 2.24) is 4.98 Å². The summed E-state index contributed by atoms with van der Waals surface area (Å²) in [6.45, 7) is 2.15. The van der Waals surface area contributed by atoms with E-state index in [0.717, 1.165) is 18.5 Å². The number of aryl methyl sites for hydroxylation is 1. The summed E-state index contributed by atoms with van der Waals surface area (Å²) in [6, 6.07) is 13.4. The van der Waals surface area contributed by atoms with Gasteiger partial charge in [-0.3, -0.25) is 9.78 Å². The Morgan fingerprint density at radius 3 is 2.58 bits per heavy atom. The molecule has 0 saturated heterocycles. The minimum Gasteiger partial charge on any atom is -0.289 e. The van der Waals surface area contributed by atoms with Gasteiger partial charge in [0, 0.05) is 11.8 Å². The first-order chi connectivity index (χ1) is 9.29. The Morgan fingerprint density at radius 2 is 1.95 bits per heavy atom. The highest BCUT2D eigenvalue weighted by Gasteiger charge is 2.01. The highest BCUT2D eigenvalue weighted by molar-refractivity contribution is 6.06. The minimum absolute atomic E-state index is 0.00806. The molecule has 0 atom stereocenters. The molecule has 2 aromatic rings. The Labute approximate surface area is 113 Å². The van der Waals surface area contributed by atoms with Crippen molar-refractivity contribution in [2.75, 3.05) is 0 Å². The summed E-state index contributed by atoms with van der Waals surface area (Å²) in [5.74, 6) is 0.00806. The van der Waals surface area contributed by atoms with Crippen molar-refractivity contribution in [3.63, 3.8) is 0 Å². The third-order valence-corrected chi connectivity index (χ3v) is 2.87. The van der Waals surface area contributed by atoms with E-state index in [1.54, 1.807) is 18.3 Å². The van der Waals surface area contributed by atoms with Crippen LogP contribution >= 0.6 is 0 Å². The molecule has 2 heteroatoms. The smallest absolute Gasteiger partial charge is 0.185 e. The second-order valence-corrected chi connectivity index (χ2v) is 4.40. The number of hydrogen-bond acceptors (Lipinski definition) is 2. The van der Waals surface area contributed by atoms with E-state index in [-0.39, 0.29) is 5.78 Å². The van der Waals surface area contributed by atoms with Crippen LogP contribution in [0.15, 0.2) is 54.7 Å². The van der Waals surface area contributed by atoms with Gasteiger partial charge in [-0.05, 0) is 36.3 Å². The van der Waals surface area contributed by atoms with Gasteiger partial charge in [0.2, 0.25) is 0 Å². The Kier molecular flexibility index (Phi) is 4.62. The van der Waals surface area contributed by atoms with E-state index in [0.29, 0.717) is 5.56 Å². The quantitative estimate of drug-likeness (QED) is 0.595. The molecular formula is C17H17NO.